The van der Waals surface area contributed by atoms with E-state index in [1.54, 1.807) is 6.07 Å². The molecule has 182 valence electrons. The summed E-state index contributed by atoms with van der Waals surface area (Å²) in [6.45, 7) is 7.25. The van der Waals surface area contributed by atoms with Crippen molar-refractivity contribution >= 4 is 67.2 Å². The second kappa shape index (κ2) is 11.2. The Morgan fingerprint density at radius 2 is 1.60 bits per heavy atom. The summed E-state index contributed by atoms with van der Waals surface area (Å²) < 4.78 is 0.939. The molecule has 0 atom stereocenters. The maximum Gasteiger partial charge on any atom is 0.258 e. The molecule has 1 saturated heterocycles. The van der Waals surface area contributed by atoms with E-state index in [2.05, 4.69) is 45.3 Å². The van der Waals surface area contributed by atoms with Crippen molar-refractivity contribution in [1.29, 1.82) is 0 Å². The number of anilines is 2. The molecule has 8 heteroatoms. The molecule has 0 radical (unpaired) electrons. The number of nitrogens with zero attached hydrogens (tertiary/aromatic N) is 2. The Labute approximate surface area is 219 Å². The van der Waals surface area contributed by atoms with Crippen LogP contribution in [0.2, 0.25) is 0 Å². The predicted octanol–water partition coefficient (Wildman–Crippen LogP) is 5.42. The average molecular weight is 554 g/mol. The first-order valence-corrected chi connectivity index (χ1v) is 12.9. The molecule has 2 N–H and O–H groups in total. The van der Waals surface area contributed by atoms with Crippen LogP contribution in [0.5, 0.6) is 0 Å². The van der Waals surface area contributed by atoms with Crippen molar-refractivity contribution in [2.24, 2.45) is 5.92 Å². The highest BCUT2D eigenvalue weighted by atomic mass is 79.9. The van der Waals surface area contributed by atoms with E-state index in [0.717, 1.165) is 52.8 Å². The molecule has 2 amide bonds. The molecule has 4 rings (SSSR count). The predicted molar refractivity (Wildman–Crippen MR) is 150 cm³/mol. The summed E-state index contributed by atoms with van der Waals surface area (Å²) in [6, 6.07) is 19.3. The summed E-state index contributed by atoms with van der Waals surface area (Å²) in [6.07, 6.45) is 0.606. The van der Waals surface area contributed by atoms with Gasteiger partial charge in [0, 0.05) is 54.0 Å². The van der Waals surface area contributed by atoms with Gasteiger partial charge in [-0.05, 0) is 65.3 Å². The number of rotatable bonds is 5. The lowest BCUT2D eigenvalue weighted by molar-refractivity contribution is -0.132. The van der Waals surface area contributed by atoms with E-state index in [-0.39, 0.29) is 16.9 Å². The lowest BCUT2D eigenvalue weighted by Gasteiger charge is -2.36. The number of amides is 2. The molecule has 3 aromatic carbocycles. The van der Waals surface area contributed by atoms with Crippen LogP contribution in [0, 0.1) is 5.92 Å². The molecule has 1 aliphatic heterocycles. The SMILES string of the molecule is CC(C)CC(=O)N1CCN(c2ccc(NC(=S)NC(=O)c3cccc4c(Br)cccc34)cc2)CC1. The molecule has 0 aromatic heterocycles. The molecule has 6 nitrogen and oxygen atoms in total. The zero-order chi connectivity index (χ0) is 24.9. The summed E-state index contributed by atoms with van der Waals surface area (Å²) in [7, 11) is 0. The van der Waals surface area contributed by atoms with Crippen LogP contribution in [0.15, 0.2) is 65.1 Å². The topological polar surface area (TPSA) is 64.7 Å². The van der Waals surface area contributed by atoms with Gasteiger partial charge in [-0.25, -0.2) is 0 Å². The van der Waals surface area contributed by atoms with Gasteiger partial charge in [-0.2, -0.15) is 0 Å². The fourth-order valence-electron chi connectivity index (χ4n) is 4.25. The van der Waals surface area contributed by atoms with Crippen molar-refractivity contribution in [1.82, 2.24) is 10.2 Å². The minimum atomic E-state index is -0.257. The summed E-state index contributed by atoms with van der Waals surface area (Å²) in [5.74, 6) is 0.365. The first-order chi connectivity index (χ1) is 16.8. The number of piperazine rings is 1. The number of benzene rings is 3. The third-order valence-corrected chi connectivity index (χ3v) is 6.94. The van der Waals surface area contributed by atoms with Crippen molar-refractivity contribution in [3.63, 3.8) is 0 Å². The molecule has 0 bridgehead atoms. The number of carbonyl (C=O) groups is 2. The normalized spacial score (nSPS) is 13.7. The Bertz CT molecular complexity index is 1240. The van der Waals surface area contributed by atoms with E-state index in [1.807, 2.05) is 59.5 Å². The maximum absolute atomic E-state index is 12.9. The van der Waals surface area contributed by atoms with Crippen LogP contribution in [0.25, 0.3) is 10.8 Å². The molecule has 0 saturated carbocycles. The number of hydrogen-bond donors (Lipinski definition) is 2. The Balaban J connectivity index is 1.32. The highest BCUT2D eigenvalue weighted by Gasteiger charge is 2.21. The van der Waals surface area contributed by atoms with E-state index in [1.165, 1.54) is 0 Å². The van der Waals surface area contributed by atoms with E-state index >= 15 is 0 Å². The second-order valence-corrected chi connectivity index (χ2v) is 10.3. The molecule has 1 heterocycles. The molecule has 1 aliphatic rings. The summed E-state index contributed by atoms with van der Waals surface area (Å²) in [5, 5.41) is 7.95. The summed E-state index contributed by atoms with van der Waals surface area (Å²) in [5.41, 5.74) is 2.46. The number of carbonyl (C=O) groups excluding carboxylic acids is 2. The molecular formula is C27H29BrN4O2S. The van der Waals surface area contributed by atoms with Gasteiger partial charge in [-0.1, -0.05) is 54.0 Å². The van der Waals surface area contributed by atoms with Crippen LogP contribution in [-0.2, 0) is 4.79 Å². The number of thiocarbonyl (C=S) groups is 1. The van der Waals surface area contributed by atoms with Gasteiger partial charge in [-0.15, -0.1) is 0 Å². The van der Waals surface area contributed by atoms with Crippen LogP contribution in [0.4, 0.5) is 11.4 Å². The summed E-state index contributed by atoms with van der Waals surface area (Å²) in [4.78, 5) is 29.4. The molecule has 0 aliphatic carbocycles. The van der Waals surface area contributed by atoms with E-state index < -0.39 is 0 Å². The smallest absolute Gasteiger partial charge is 0.258 e. The highest BCUT2D eigenvalue weighted by Crippen LogP contribution is 2.26. The number of nitrogens with one attached hydrogen (secondary N) is 2. The van der Waals surface area contributed by atoms with Crippen LogP contribution in [0.3, 0.4) is 0 Å². The number of halogens is 1. The second-order valence-electron chi connectivity index (χ2n) is 9.06. The van der Waals surface area contributed by atoms with Gasteiger partial charge in [-0.3, -0.25) is 14.9 Å². The molecule has 3 aromatic rings. The van der Waals surface area contributed by atoms with Crippen molar-refractivity contribution in [2.75, 3.05) is 36.4 Å². The van der Waals surface area contributed by atoms with Gasteiger partial charge in [0.1, 0.15) is 0 Å². The van der Waals surface area contributed by atoms with E-state index in [4.69, 9.17) is 12.2 Å². The van der Waals surface area contributed by atoms with Crippen LogP contribution in [-0.4, -0.2) is 48.0 Å². The molecule has 0 unspecified atom stereocenters. The van der Waals surface area contributed by atoms with Crippen molar-refractivity contribution in [3.05, 3.63) is 70.7 Å². The highest BCUT2D eigenvalue weighted by molar-refractivity contribution is 9.10. The Kier molecular flexibility index (Phi) is 8.03. The van der Waals surface area contributed by atoms with Gasteiger partial charge in [0.25, 0.3) is 5.91 Å². The van der Waals surface area contributed by atoms with Crippen molar-refractivity contribution in [2.45, 2.75) is 20.3 Å². The van der Waals surface area contributed by atoms with E-state index in [9.17, 15) is 9.59 Å². The van der Waals surface area contributed by atoms with Crippen LogP contribution >= 0.6 is 28.1 Å². The molecule has 35 heavy (non-hydrogen) atoms. The average Bonchev–Trinajstić information content (AvgIpc) is 2.84. The Hall–Kier alpha value is -2.97. The maximum atomic E-state index is 12.9. The molecule has 0 spiro atoms. The van der Waals surface area contributed by atoms with Gasteiger partial charge < -0.3 is 15.1 Å². The zero-order valence-corrected chi connectivity index (χ0v) is 22.3. The minimum Gasteiger partial charge on any atom is -0.368 e. The molecular weight excluding hydrogens is 524 g/mol. The monoisotopic (exact) mass is 552 g/mol. The Morgan fingerprint density at radius 1 is 0.943 bits per heavy atom. The minimum absolute atomic E-state index is 0.242. The fourth-order valence-corrected chi connectivity index (χ4v) is 4.96. The van der Waals surface area contributed by atoms with Gasteiger partial charge in [0.15, 0.2) is 5.11 Å². The van der Waals surface area contributed by atoms with E-state index in [0.29, 0.717) is 17.9 Å². The van der Waals surface area contributed by atoms with Crippen molar-refractivity contribution in [3.8, 4) is 0 Å². The quantitative estimate of drug-likeness (QED) is 0.413. The lowest BCUT2D eigenvalue weighted by Crippen LogP contribution is -2.49. The molecule has 1 fully saturated rings. The number of fused-ring (bicyclic) bond motifs is 1. The zero-order valence-electron chi connectivity index (χ0n) is 19.9. The first-order valence-electron chi connectivity index (χ1n) is 11.7. The fraction of sp³-hybridized carbons (Fsp3) is 0.296. The lowest BCUT2D eigenvalue weighted by atomic mass is 10.0. The number of hydrogen-bond acceptors (Lipinski definition) is 4. The van der Waals surface area contributed by atoms with Crippen molar-refractivity contribution < 1.29 is 9.59 Å². The van der Waals surface area contributed by atoms with Crippen LogP contribution in [0.1, 0.15) is 30.6 Å². The van der Waals surface area contributed by atoms with Gasteiger partial charge in [0.2, 0.25) is 5.91 Å². The summed E-state index contributed by atoms with van der Waals surface area (Å²) >= 11 is 8.92. The Morgan fingerprint density at radius 3 is 2.29 bits per heavy atom. The standard InChI is InChI=1S/C27H29BrN4O2S/c1-18(2)17-25(33)32-15-13-31(14-16-32)20-11-9-19(10-12-20)29-27(35)30-26(34)23-7-3-6-22-21(23)5-4-8-24(22)28/h3-12,18H,13-17H2,1-2H3,(H2,29,30,34,35). The first kappa shape index (κ1) is 25.1. The van der Waals surface area contributed by atoms with Gasteiger partial charge in [0.05, 0.1) is 0 Å². The largest absolute Gasteiger partial charge is 0.368 e. The van der Waals surface area contributed by atoms with Crippen LogP contribution < -0.4 is 15.5 Å². The third kappa shape index (κ3) is 6.18. The third-order valence-electron chi connectivity index (χ3n) is 6.05. The van der Waals surface area contributed by atoms with Gasteiger partial charge >= 0.3 is 0 Å².